The van der Waals surface area contributed by atoms with E-state index in [-0.39, 0.29) is 5.97 Å². The Morgan fingerprint density at radius 3 is 2.94 bits per heavy atom. The topological polar surface area (TPSA) is 55.0 Å². The Hall–Kier alpha value is -1.84. The van der Waals surface area contributed by atoms with Gasteiger partial charge in [0.2, 0.25) is 0 Å². The number of carbonyl (C=O) groups is 1. The van der Waals surface area contributed by atoms with Crippen molar-refractivity contribution < 1.29 is 9.53 Å². The number of fused-ring (bicyclic) bond motifs is 1. The third-order valence-electron chi connectivity index (χ3n) is 2.53. The van der Waals surface area contributed by atoms with Gasteiger partial charge in [0, 0.05) is 6.42 Å². The van der Waals surface area contributed by atoms with Gasteiger partial charge in [-0.1, -0.05) is 6.92 Å². The van der Waals surface area contributed by atoms with Crippen molar-refractivity contribution in [2.45, 2.75) is 26.7 Å². The standard InChI is InChI=1S/C13H16N2O2/c1-3-5-12-14-10-7-6-9(8-11(10)15-12)13(16)17-4-2/h6-8H,3-5H2,1-2H3,(H,14,15). The minimum Gasteiger partial charge on any atom is -0.462 e. The molecular formula is C13H16N2O2. The van der Waals surface area contributed by atoms with E-state index >= 15 is 0 Å². The van der Waals surface area contributed by atoms with Gasteiger partial charge in [-0.05, 0) is 31.5 Å². The first-order valence-corrected chi connectivity index (χ1v) is 5.90. The fraction of sp³-hybridized carbons (Fsp3) is 0.385. The minimum atomic E-state index is -0.291. The highest BCUT2D eigenvalue weighted by molar-refractivity contribution is 5.93. The minimum absolute atomic E-state index is 0.291. The van der Waals surface area contributed by atoms with Gasteiger partial charge in [-0.15, -0.1) is 0 Å². The second-order valence-corrected chi connectivity index (χ2v) is 3.89. The highest BCUT2D eigenvalue weighted by Crippen LogP contribution is 2.15. The molecule has 0 saturated carbocycles. The molecule has 0 saturated heterocycles. The second kappa shape index (κ2) is 4.99. The smallest absolute Gasteiger partial charge is 0.338 e. The molecule has 0 unspecified atom stereocenters. The molecular weight excluding hydrogens is 216 g/mol. The van der Waals surface area contributed by atoms with E-state index in [0.29, 0.717) is 12.2 Å². The lowest BCUT2D eigenvalue weighted by Crippen LogP contribution is -2.04. The summed E-state index contributed by atoms with van der Waals surface area (Å²) in [7, 11) is 0. The lowest BCUT2D eigenvalue weighted by molar-refractivity contribution is 0.0526. The number of imidazole rings is 1. The summed E-state index contributed by atoms with van der Waals surface area (Å²) in [5.41, 5.74) is 2.34. The maximum Gasteiger partial charge on any atom is 0.338 e. The predicted octanol–water partition coefficient (Wildman–Crippen LogP) is 2.69. The number of aryl methyl sites for hydroxylation is 1. The molecule has 0 aliphatic heterocycles. The van der Waals surface area contributed by atoms with Gasteiger partial charge in [-0.3, -0.25) is 0 Å². The number of esters is 1. The zero-order valence-corrected chi connectivity index (χ0v) is 10.1. The Balaban J connectivity index is 2.33. The first kappa shape index (κ1) is 11.6. The van der Waals surface area contributed by atoms with Crippen molar-refractivity contribution in [3.63, 3.8) is 0 Å². The summed E-state index contributed by atoms with van der Waals surface area (Å²) >= 11 is 0. The van der Waals surface area contributed by atoms with Crippen LogP contribution in [0.2, 0.25) is 0 Å². The maximum absolute atomic E-state index is 11.6. The van der Waals surface area contributed by atoms with Crippen molar-refractivity contribution in [3.05, 3.63) is 29.6 Å². The summed E-state index contributed by atoms with van der Waals surface area (Å²) in [5.74, 6) is 0.671. The fourth-order valence-electron chi connectivity index (χ4n) is 1.76. The van der Waals surface area contributed by atoms with Gasteiger partial charge in [0.05, 0.1) is 23.2 Å². The monoisotopic (exact) mass is 232 g/mol. The Kier molecular flexibility index (Phi) is 3.42. The lowest BCUT2D eigenvalue weighted by Gasteiger charge is -2.00. The van der Waals surface area contributed by atoms with Crippen LogP contribution in [0.5, 0.6) is 0 Å². The van der Waals surface area contributed by atoms with Gasteiger partial charge in [0.1, 0.15) is 5.82 Å². The molecule has 2 aromatic rings. The van der Waals surface area contributed by atoms with Crippen LogP contribution in [0.3, 0.4) is 0 Å². The highest BCUT2D eigenvalue weighted by Gasteiger charge is 2.09. The largest absolute Gasteiger partial charge is 0.462 e. The van der Waals surface area contributed by atoms with Crippen LogP contribution < -0.4 is 0 Å². The first-order valence-electron chi connectivity index (χ1n) is 5.90. The molecule has 0 atom stereocenters. The Bertz CT molecular complexity index is 531. The van der Waals surface area contributed by atoms with E-state index < -0.39 is 0 Å². The molecule has 0 aliphatic rings. The van der Waals surface area contributed by atoms with Crippen molar-refractivity contribution in [2.75, 3.05) is 6.61 Å². The number of carbonyl (C=O) groups excluding carboxylic acids is 1. The number of hydrogen-bond acceptors (Lipinski definition) is 3. The molecule has 1 aromatic carbocycles. The third-order valence-corrected chi connectivity index (χ3v) is 2.53. The summed E-state index contributed by atoms with van der Waals surface area (Å²) in [6, 6.07) is 5.38. The molecule has 0 radical (unpaired) electrons. The highest BCUT2D eigenvalue weighted by atomic mass is 16.5. The summed E-state index contributed by atoms with van der Waals surface area (Å²) in [5, 5.41) is 0. The number of ether oxygens (including phenoxy) is 1. The number of hydrogen-bond donors (Lipinski definition) is 1. The van der Waals surface area contributed by atoms with Gasteiger partial charge in [0.15, 0.2) is 0 Å². The summed E-state index contributed by atoms with van der Waals surface area (Å²) in [6.07, 6.45) is 1.97. The normalized spacial score (nSPS) is 10.7. The van der Waals surface area contributed by atoms with Crippen LogP contribution in [0.4, 0.5) is 0 Å². The van der Waals surface area contributed by atoms with Crippen molar-refractivity contribution >= 4 is 17.0 Å². The summed E-state index contributed by atoms with van der Waals surface area (Å²) < 4.78 is 4.96. The van der Waals surface area contributed by atoms with Gasteiger partial charge in [-0.25, -0.2) is 9.78 Å². The van der Waals surface area contributed by atoms with E-state index in [0.717, 1.165) is 29.7 Å². The molecule has 0 spiro atoms. The van der Waals surface area contributed by atoms with Gasteiger partial charge in [-0.2, -0.15) is 0 Å². The predicted molar refractivity (Wildman–Crippen MR) is 66.0 cm³/mol. The zero-order valence-electron chi connectivity index (χ0n) is 10.1. The van der Waals surface area contributed by atoms with Crippen LogP contribution >= 0.6 is 0 Å². The molecule has 1 N–H and O–H groups in total. The van der Waals surface area contributed by atoms with Crippen molar-refractivity contribution in [2.24, 2.45) is 0 Å². The molecule has 2 rings (SSSR count). The first-order chi connectivity index (χ1) is 8.24. The second-order valence-electron chi connectivity index (χ2n) is 3.89. The molecule has 0 aliphatic carbocycles. The molecule has 4 heteroatoms. The van der Waals surface area contributed by atoms with E-state index in [1.807, 2.05) is 6.07 Å². The SMILES string of the molecule is CCCc1nc2ccc(C(=O)OCC)cc2[nH]1. The van der Waals surface area contributed by atoms with Crippen LogP contribution in [-0.4, -0.2) is 22.5 Å². The molecule has 1 heterocycles. The van der Waals surface area contributed by atoms with Crippen LogP contribution in [0.15, 0.2) is 18.2 Å². The van der Waals surface area contributed by atoms with E-state index in [1.165, 1.54) is 0 Å². The maximum atomic E-state index is 11.6. The fourth-order valence-corrected chi connectivity index (χ4v) is 1.76. The Labute approximate surface area is 100 Å². The number of aromatic amines is 1. The Morgan fingerprint density at radius 2 is 2.24 bits per heavy atom. The van der Waals surface area contributed by atoms with Crippen LogP contribution in [0.1, 0.15) is 36.5 Å². The molecule has 0 amide bonds. The molecule has 1 aromatic heterocycles. The average Bonchev–Trinajstić information content (AvgIpc) is 2.71. The number of nitrogens with one attached hydrogen (secondary N) is 1. The van der Waals surface area contributed by atoms with Gasteiger partial charge >= 0.3 is 5.97 Å². The molecule has 0 bridgehead atoms. The zero-order chi connectivity index (χ0) is 12.3. The number of benzene rings is 1. The summed E-state index contributed by atoms with van der Waals surface area (Å²) in [4.78, 5) is 19.2. The van der Waals surface area contributed by atoms with Gasteiger partial charge < -0.3 is 9.72 Å². The number of nitrogens with zero attached hydrogens (tertiary/aromatic N) is 1. The number of rotatable bonds is 4. The van der Waals surface area contributed by atoms with E-state index in [9.17, 15) is 4.79 Å². The average molecular weight is 232 g/mol. The molecule has 17 heavy (non-hydrogen) atoms. The lowest BCUT2D eigenvalue weighted by atomic mass is 10.2. The molecule has 4 nitrogen and oxygen atoms in total. The quantitative estimate of drug-likeness (QED) is 0.824. The van der Waals surface area contributed by atoms with E-state index in [4.69, 9.17) is 4.74 Å². The third kappa shape index (κ3) is 2.46. The van der Waals surface area contributed by atoms with Crippen LogP contribution in [0.25, 0.3) is 11.0 Å². The van der Waals surface area contributed by atoms with Crippen LogP contribution in [-0.2, 0) is 11.2 Å². The number of H-pyrrole nitrogens is 1. The number of aromatic nitrogens is 2. The van der Waals surface area contributed by atoms with Crippen molar-refractivity contribution in [1.29, 1.82) is 0 Å². The van der Waals surface area contributed by atoms with Crippen LogP contribution in [0, 0.1) is 0 Å². The van der Waals surface area contributed by atoms with E-state index in [2.05, 4.69) is 16.9 Å². The van der Waals surface area contributed by atoms with Crippen molar-refractivity contribution in [1.82, 2.24) is 9.97 Å². The summed E-state index contributed by atoms with van der Waals surface area (Å²) in [6.45, 7) is 4.30. The Morgan fingerprint density at radius 1 is 1.41 bits per heavy atom. The molecule has 0 fully saturated rings. The van der Waals surface area contributed by atoms with E-state index in [1.54, 1.807) is 19.1 Å². The van der Waals surface area contributed by atoms with Crippen molar-refractivity contribution in [3.8, 4) is 0 Å². The molecule has 90 valence electrons. The van der Waals surface area contributed by atoms with Gasteiger partial charge in [0.25, 0.3) is 0 Å².